The predicted molar refractivity (Wildman–Crippen MR) is 145 cm³/mol. The highest BCUT2D eigenvalue weighted by atomic mass is 35.5. The van der Waals surface area contributed by atoms with Crippen molar-refractivity contribution >= 4 is 34.8 Å². The van der Waals surface area contributed by atoms with Crippen molar-refractivity contribution in [2.75, 3.05) is 33.9 Å². The number of carbonyl (C=O) groups is 2. The summed E-state index contributed by atoms with van der Waals surface area (Å²) in [5, 5.41) is 2.57. The summed E-state index contributed by atoms with van der Waals surface area (Å²) in [6, 6.07) is 16.6. The van der Waals surface area contributed by atoms with Gasteiger partial charge >= 0.3 is 0 Å². The number of hydrogen-bond donors (Lipinski definition) is 0. The molecule has 0 radical (unpaired) electrons. The van der Waals surface area contributed by atoms with Crippen LogP contribution in [0.4, 0.5) is 0 Å². The molecule has 0 saturated heterocycles. The van der Waals surface area contributed by atoms with E-state index in [1.54, 1.807) is 54.7 Å². The van der Waals surface area contributed by atoms with E-state index >= 15 is 0 Å². The van der Waals surface area contributed by atoms with Gasteiger partial charge in [0.25, 0.3) is 5.91 Å². The van der Waals surface area contributed by atoms with Crippen LogP contribution >= 0.6 is 22.9 Å². The normalized spacial score (nSPS) is 10.8. The molecule has 3 rings (SSSR count). The van der Waals surface area contributed by atoms with Gasteiger partial charge in [0.05, 0.1) is 20.8 Å². The Hall–Kier alpha value is -3.03. The highest BCUT2D eigenvalue weighted by Crippen LogP contribution is 2.28. The molecule has 0 atom stereocenters. The molecule has 0 aliphatic heterocycles. The molecular weight excluding hydrogens is 496 g/mol. The first-order chi connectivity index (χ1) is 17.3. The second kappa shape index (κ2) is 13.3. The molecule has 2 amide bonds. The lowest BCUT2D eigenvalue weighted by atomic mass is 10.1. The predicted octanol–water partition coefficient (Wildman–Crippen LogP) is 5.79. The third kappa shape index (κ3) is 7.73. The third-order valence-electron chi connectivity index (χ3n) is 5.69. The van der Waals surface area contributed by atoms with Crippen molar-refractivity contribution in [1.82, 2.24) is 9.80 Å². The zero-order valence-corrected chi connectivity index (χ0v) is 22.8. The van der Waals surface area contributed by atoms with Gasteiger partial charge < -0.3 is 19.3 Å². The molecule has 1 heterocycles. The Morgan fingerprint density at radius 1 is 0.972 bits per heavy atom. The Bertz CT molecular complexity index is 1130. The van der Waals surface area contributed by atoms with Crippen LogP contribution in [0.3, 0.4) is 0 Å². The van der Waals surface area contributed by atoms with E-state index in [2.05, 4.69) is 0 Å². The molecule has 0 aliphatic carbocycles. The number of ether oxygens (including phenoxy) is 2. The smallest absolute Gasteiger partial charge is 0.254 e. The summed E-state index contributed by atoms with van der Waals surface area (Å²) in [5.41, 5.74) is 1.55. The molecule has 0 unspecified atom stereocenters. The average Bonchev–Trinajstić information content (AvgIpc) is 3.38. The lowest BCUT2D eigenvalue weighted by Crippen LogP contribution is -2.44. The first kappa shape index (κ1) is 27.6. The first-order valence-electron chi connectivity index (χ1n) is 11.9. The van der Waals surface area contributed by atoms with Crippen molar-refractivity contribution < 1.29 is 19.1 Å². The fourth-order valence-electron chi connectivity index (χ4n) is 3.88. The van der Waals surface area contributed by atoms with Gasteiger partial charge in [0.1, 0.15) is 6.54 Å². The van der Waals surface area contributed by atoms with Gasteiger partial charge in [0.15, 0.2) is 11.5 Å². The van der Waals surface area contributed by atoms with Gasteiger partial charge in [-0.3, -0.25) is 9.59 Å². The second-order valence-corrected chi connectivity index (χ2v) is 10.4. The van der Waals surface area contributed by atoms with E-state index in [1.807, 2.05) is 54.5 Å². The number of nitrogens with zero attached hydrogens (tertiary/aromatic N) is 2. The van der Waals surface area contributed by atoms with E-state index in [1.165, 1.54) is 0 Å². The lowest BCUT2D eigenvalue weighted by Gasteiger charge is -2.29. The van der Waals surface area contributed by atoms with Gasteiger partial charge in [0, 0.05) is 28.6 Å². The van der Waals surface area contributed by atoms with Crippen LogP contribution in [0.5, 0.6) is 11.5 Å². The molecule has 192 valence electrons. The zero-order chi connectivity index (χ0) is 26.1. The molecule has 8 heteroatoms. The van der Waals surface area contributed by atoms with Crippen molar-refractivity contribution in [3.8, 4) is 11.5 Å². The minimum Gasteiger partial charge on any atom is -0.493 e. The number of methoxy groups -OCH3 is 2. The molecule has 0 saturated carbocycles. The maximum atomic E-state index is 13.6. The van der Waals surface area contributed by atoms with Crippen LogP contribution in [0.15, 0.2) is 60.0 Å². The van der Waals surface area contributed by atoms with Crippen LogP contribution in [0.25, 0.3) is 0 Å². The van der Waals surface area contributed by atoms with Crippen LogP contribution < -0.4 is 9.47 Å². The highest BCUT2D eigenvalue weighted by Gasteiger charge is 2.23. The number of halogens is 1. The topological polar surface area (TPSA) is 59.1 Å². The number of benzene rings is 2. The summed E-state index contributed by atoms with van der Waals surface area (Å²) in [5.74, 6) is 1.27. The summed E-state index contributed by atoms with van der Waals surface area (Å²) in [6.45, 7) is 5.57. The summed E-state index contributed by atoms with van der Waals surface area (Å²) in [6.07, 6.45) is 0.646. The molecular formula is C28H33ClN2O4S. The number of rotatable bonds is 12. The van der Waals surface area contributed by atoms with E-state index in [0.717, 1.165) is 10.4 Å². The van der Waals surface area contributed by atoms with Gasteiger partial charge in [-0.25, -0.2) is 0 Å². The minimum absolute atomic E-state index is 0.0109. The molecule has 0 aliphatic rings. The van der Waals surface area contributed by atoms with Crippen molar-refractivity contribution in [2.45, 2.75) is 26.8 Å². The van der Waals surface area contributed by atoms with Gasteiger partial charge in [-0.2, -0.15) is 0 Å². The fraction of sp³-hybridized carbons (Fsp3) is 0.357. The van der Waals surface area contributed by atoms with E-state index in [-0.39, 0.29) is 24.3 Å². The number of thiophene rings is 1. The minimum atomic E-state index is -0.176. The Labute approximate surface area is 222 Å². The van der Waals surface area contributed by atoms with Crippen molar-refractivity contribution in [3.63, 3.8) is 0 Å². The van der Waals surface area contributed by atoms with Gasteiger partial charge in [-0.1, -0.05) is 37.6 Å². The standard InChI is InChI=1S/C28H33ClN2O4S/c1-20(2)17-31(28(33)22-8-10-23(29)11-9-22)19-27(32)30(18-24-6-5-15-36-24)14-13-21-7-12-25(34-3)26(16-21)35-4/h5-12,15-16,20H,13-14,17-19H2,1-4H3. The van der Waals surface area contributed by atoms with Crippen LogP contribution in [0.2, 0.25) is 5.02 Å². The van der Waals surface area contributed by atoms with E-state index < -0.39 is 0 Å². The SMILES string of the molecule is COc1ccc(CCN(Cc2cccs2)C(=O)CN(CC(C)C)C(=O)c2ccc(Cl)cc2)cc1OC. The van der Waals surface area contributed by atoms with Crippen LogP contribution in [0.1, 0.15) is 34.6 Å². The quantitative estimate of drug-likeness (QED) is 0.298. The molecule has 36 heavy (non-hydrogen) atoms. The molecule has 0 bridgehead atoms. The molecule has 2 aromatic carbocycles. The van der Waals surface area contributed by atoms with Crippen molar-refractivity contribution in [2.24, 2.45) is 5.92 Å². The maximum Gasteiger partial charge on any atom is 0.254 e. The third-order valence-corrected chi connectivity index (χ3v) is 6.80. The molecule has 0 N–H and O–H groups in total. The Kier molecular flexibility index (Phi) is 10.2. The lowest BCUT2D eigenvalue weighted by molar-refractivity contribution is -0.132. The highest BCUT2D eigenvalue weighted by molar-refractivity contribution is 7.09. The van der Waals surface area contributed by atoms with Crippen molar-refractivity contribution in [3.05, 3.63) is 81.0 Å². The molecule has 6 nitrogen and oxygen atoms in total. The monoisotopic (exact) mass is 528 g/mol. The average molecular weight is 529 g/mol. The Morgan fingerprint density at radius 2 is 1.69 bits per heavy atom. The summed E-state index contributed by atoms with van der Waals surface area (Å²) in [4.78, 5) is 31.4. The molecule has 0 fully saturated rings. The largest absolute Gasteiger partial charge is 0.493 e. The van der Waals surface area contributed by atoms with Gasteiger partial charge in [-0.15, -0.1) is 11.3 Å². The van der Waals surface area contributed by atoms with E-state index in [4.69, 9.17) is 21.1 Å². The van der Waals surface area contributed by atoms with Crippen LogP contribution in [-0.2, 0) is 17.8 Å². The Morgan fingerprint density at radius 3 is 2.31 bits per heavy atom. The number of carbonyl (C=O) groups excluding carboxylic acids is 2. The number of amides is 2. The molecule has 0 spiro atoms. The van der Waals surface area contributed by atoms with Crippen LogP contribution in [-0.4, -0.2) is 55.5 Å². The van der Waals surface area contributed by atoms with Gasteiger partial charge in [-0.05, 0) is 65.7 Å². The number of hydrogen-bond acceptors (Lipinski definition) is 5. The van der Waals surface area contributed by atoms with Gasteiger partial charge in [0.2, 0.25) is 5.91 Å². The summed E-state index contributed by atoms with van der Waals surface area (Å²) < 4.78 is 10.8. The van der Waals surface area contributed by atoms with E-state index in [0.29, 0.717) is 48.1 Å². The maximum absolute atomic E-state index is 13.6. The molecule has 3 aromatic rings. The van der Waals surface area contributed by atoms with Crippen molar-refractivity contribution in [1.29, 1.82) is 0 Å². The second-order valence-electron chi connectivity index (χ2n) is 8.92. The summed E-state index contributed by atoms with van der Waals surface area (Å²) >= 11 is 7.61. The fourth-order valence-corrected chi connectivity index (χ4v) is 4.73. The van der Waals surface area contributed by atoms with Crippen LogP contribution in [0, 0.1) is 5.92 Å². The zero-order valence-electron chi connectivity index (χ0n) is 21.2. The first-order valence-corrected chi connectivity index (χ1v) is 13.1. The van der Waals surface area contributed by atoms with E-state index in [9.17, 15) is 9.59 Å². The summed E-state index contributed by atoms with van der Waals surface area (Å²) in [7, 11) is 3.21. The molecule has 1 aromatic heterocycles. The Balaban J connectivity index is 1.77.